The fourth-order valence-corrected chi connectivity index (χ4v) is 3.03. The maximum Gasteiger partial charge on any atom is 0.418 e. The Labute approximate surface area is 169 Å². The quantitative estimate of drug-likeness (QED) is 0.786. The first kappa shape index (κ1) is 21.2. The summed E-state index contributed by atoms with van der Waals surface area (Å²) in [6, 6.07) is 8.25. The van der Waals surface area contributed by atoms with Crippen molar-refractivity contribution in [1.82, 2.24) is 0 Å². The van der Waals surface area contributed by atoms with Gasteiger partial charge in [0, 0.05) is 0 Å². The molecule has 1 heterocycles. The lowest BCUT2D eigenvalue weighted by Gasteiger charge is -2.38. The highest BCUT2D eigenvalue weighted by molar-refractivity contribution is 6.08. The van der Waals surface area contributed by atoms with Crippen LogP contribution in [0.2, 0.25) is 0 Å². The number of carboxylic acid groups (broad SMARTS) is 1. The van der Waals surface area contributed by atoms with Gasteiger partial charge >= 0.3 is 12.1 Å². The summed E-state index contributed by atoms with van der Waals surface area (Å²) in [5.41, 5.74) is -2.80. The molecule has 0 bridgehead atoms. The van der Waals surface area contributed by atoms with Crippen molar-refractivity contribution in [1.29, 1.82) is 0 Å². The molecule has 1 aliphatic rings. The Bertz CT molecular complexity index is 1030. The van der Waals surface area contributed by atoms with Crippen LogP contribution in [-0.2, 0) is 15.8 Å². The zero-order chi connectivity index (χ0) is 22.3. The first-order valence-electron chi connectivity index (χ1n) is 8.74. The molecule has 0 spiro atoms. The van der Waals surface area contributed by atoms with E-state index in [9.17, 15) is 27.6 Å². The number of carbonyl (C=O) groups is 3. The van der Waals surface area contributed by atoms with Crippen molar-refractivity contribution >= 4 is 29.2 Å². The molecule has 0 saturated heterocycles. The zero-order valence-corrected chi connectivity index (χ0v) is 15.9. The van der Waals surface area contributed by atoms with Crippen LogP contribution in [0.3, 0.4) is 0 Å². The fourth-order valence-electron chi connectivity index (χ4n) is 3.03. The Morgan fingerprint density at radius 3 is 2.47 bits per heavy atom. The molecule has 7 nitrogen and oxygen atoms in total. The van der Waals surface area contributed by atoms with Gasteiger partial charge in [0.2, 0.25) is 5.91 Å². The minimum atomic E-state index is -4.67. The van der Waals surface area contributed by atoms with Crippen molar-refractivity contribution in [2.24, 2.45) is 0 Å². The van der Waals surface area contributed by atoms with Crippen LogP contribution in [0.25, 0.3) is 0 Å². The van der Waals surface area contributed by atoms with Gasteiger partial charge < -0.3 is 15.2 Å². The summed E-state index contributed by atoms with van der Waals surface area (Å²) in [7, 11) is 0. The standard InChI is InChI=1S/C20H17F3N2O5/c1-19(2)18(29)25(14-8-7-11(17(27)28)9-15(14)30-19)10-16(26)24-13-6-4-3-5-12(13)20(21,22)23/h3-9H,10H2,1-2H3,(H,24,26)(H,27,28). The summed E-state index contributed by atoms with van der Waals surface area (Å²) >= 11 is 0. The SMILES string of the molecule is CC1(C)Oc2cc(C(=O)O)ccc2N(CC(=O)Nc2ccccc2C(F)(F)F)C1=O. The van der Waals surface area contributed by atoms with E-state index in [2.05, 4.69) is 5.32 Å². The first-order chi connectivity index (χ1) is 13.9. The van der Waals surface area contributed by atoms with E-state index in [1.165, 1.54) is 44.2 Å². The van der Waals surface area contributed by atoms with Crippen LogP contribution in [0.1, 0.15) is 29.8 Å². The maximum atomic E-state index is 13.1. The summed E-state index contributed by atoms with van der Waals surface area (Å²) in [4.78, 5) is 37.5. The van der Waals surface area contributed by atoms with Crippen LogP contribution in [0.5, 0.6) is 5.75 Å². The normalized spacial score (nSPS) is 15.2. The predicted molar refractivity (Wildman–Crippen MR) is 101 cm³/mol. The van der Waals surface area contributed by atoms with Crippen molar-refractivity contribution in [2.45, 2.75) is 25.6 Å². The number of hydrogen-bond acceptors (Lipinski definition) is 4. The highest BCUT2D eigenvalue weighted by Crippen LogP contribution is 2.39. The molecule has 0 aliphatic carbocycles. The molecule has 0 radical (unpaired) electrons. The van der Waals surface area contributed by atoms with Crippen LogP contribution >= 0.6 is 0 Å². The number of anilines is 2. The molecule has 2 N–H and O–H groups in total. The number of benzene rings is 2. The molecule has 10 heteroatoms. The monoisotopic (exact) mass is 422 g/mol. The van der Waals surface area contributed by atoms with E-state index in [0.29, 0.717) is 0 Å². The first-order valence-corrected chi connectivity index (χ1v) is 8.74. The Morgan fingerprint density at radius 2 is 1.83 bits per heavy atom. The van der Waals surface area contributed by atoms with Crippen molar-refractivity contribution in [2.75, 3.05) is 16.8 Å². The minimum absolute atomic E-state index is 0.0722. The van der Waals surface area contributed by atoms with Gasteiger partial charge in [-0.1, -0.05) is 12.1 Å². The van der Waals surface area contributed by atoms with Crippen molar-refractivity contribution in [3.05, 3.63) is 53.6 Å². The summed E-state index contributed by atoms with van der Waals surface area (Å²) < 4.78 is 45.0. The number of para-hydroxylation sites is 1. The lowest BCUT2D eigenvalue weighted by atomic mass is 10.0. The number of nitrogens with zero attached hydrogens (tertiary/aromatic N) is 1. The smallest absolute Gasteiger partial charge is 0.418 e. The van der Waals surface area contributed by atoms with Crippen LogP contribution < -0.4 is 15.0 Å². The minimum Gasteiger partial charge on any atom is -0.478 e. The van der Waals surface area contributed by atoms with Gasteiger partial charge in [0.05, 0.1) is 22.5 Å². The van der Waals surface area contributed by atoms with Crippen LogP contribution in [0.15, 0.2) is 42.5 Å². The number of amides is 2. The van der Waals surface area contributed by atoms with Crippen molar-refractivity contribution in [3.63, 3.8) is 0 Å². The van der Waals surface area contributed by atoms with Gasteiger partial charge in [0.25, 0.3) is 5.91 Å². The van der Waals surface area contributed by atoms with E-state index in [0.717, 1.165) is 17.0 Å². The number of carboxylic acids is 1. The molecule has 0 saturated carbocycles. The summed E-state index contributed by atoms with van der Waals surface area (Å²) in [6.45, 7) is 2.29. The number of halogens is 3. The average molecular weight is 422 g/mol. The van der Waals surface area contributed by atoms with Crippen LogP contribution in [0, 0.1) is 0 Å². The number of aromatic carboxylic acids is 1. The number of hydrogen-bond donors (Lipinski definition) is 2. The lowest BCUT2D eigenvalue weighted by Crippen LogP contribution is -2.54. The molecule has 30 heavy (non-hydrogen) atoms. The number of carbonyl (C=O) groups excluding carboxylic acids is 2. The summed E-state index contributed by atoms with van der Waals surface area (Å²) in [5.74, 6) is -2.59. The van der Waals surface area contributed by atoms with Crippen molar-refractivity contribution < 1.29 is 37.4 Å². The third-order valence-corrected chi connectivity index (χ3v) is 4.43. The highest BCUT2D eigenvalue weighted by atomic mass is 19.4. The Balaban J connectivity index is 1.90. The van der Waals surface area contributed by atoms with E-state index in [-0.39, 0.29) is 17.0 Å². The fraction of sp³-hybridized carbons (Fsp3) is 0.250. The van der Waals surface area contributed by atoms with E-state index in [1.54, 1.807) is 0 Å². The molecule has 0 unspecified atom stereocenters. The van der Waals surface area contributed by atoms with E-state index >= 15 is 0 Å². The number of rotatable bonds is 4. The molecule has 2 amide bonds. The molecule has 0 fully saturated rings. The maximum absolute atomic E-state index is 13.1. The topological polar surface area (TPSA) is 95.9 Å². The van der Waals surface area contributed by atoms with Crippen molar-refractivity contribution in [3.8, 4) is 5.75 Å². The number of ether oxygens (including phenoxy) is 1. The molecular weight excluding hydrogens is 405 g/mol. The molecule has 2 aromatic rings. The van der Waals surface area contributed by atoms with Gasteiger partial charge in [-0.3, -0.25) is 14.5 Å². The van der Waals surface area contributed by atoms with Crippen LogP contribution in [0.4, 0.5) is 24.5 Å². The second kappa shape index (κ2) is 7.36. The molecule has 0 atom stereocenters. The Hall–Kier alpha value is -3.56. The van der Waals surface area contributed by atoms with E-state index < -0.39 is 47.4 Å². The lowest BCUT2D eigenvalue weighted by molar-refractivity contribution is -0.137. The molecular formula is C20H17F3N2O5. The van der Waals surface area contributed by atoms with Gasteiger partial charge in [-0.15, -0.1) is 0 Å². The number of fused-ring (bicyclic) bond motifs is 1. The molecule has 158 valence electrons. The number of nitrogens with one attached hydrogen (secondary N) is 1. The Morgan fingerprint density at radius 1 is 1.17 bits per heavy atom. The molecule has 1 aliphatic heterocycles. The van der Waals surface area contributed by atoms with Gasteiger partial charge in [-0.05, 0) is 44.2 Å². The summed E-state index contributed by atoms with van der Waals surface area (Å²) in [6.07, 6.45) is -4.67. The molecule has 3 rings (SSSR count). The zero-order valence-electron chi connectivity index (χ0n) is 15.9. The second-order valence-corrected chi connectivity index (χ2v) is 7.08. The molecule has 0 aromatic heterocycles. The van der Waals surface area contributed by atoms with Gasteiger partial charge in [0.1, 0.15) is 12.3 Å². The van der Waals surface area contributed by atoms with Gasteiger partial charge in [0.15, 0.2) is 5.60 Å². The van der Waals surface area contributed by atoms with Gasteiger partial charge in [-0.2, -0.15) is 13.2 Å². The summed E-state index contributed by atoms with van der Waals surface area (Å²) in [5, 5.41) is 11.3. The second-order valence-electron chi connectivity index (χ2n) is 7.08. The average Bonchev–Trinajstić information content (AvgIpc) is 2.64. The van der Waals surface area contributed by atoms with E-state index in [1.807, 2.05) is 0 Å². The van der Waals surface area contributed by atoms with Crippen LogP contribution in [-0.4, -0.2) is 35.0 Å². The highest BCUT2D eigenvalue weighted by Gasteiger charge is 2.42. The van der Waals surface area contributed by atoms with Gasteiger partial charge in [-0.25, -0.2) is 4.79 Å². The molecule has 2 aromatic carbocycles. The largest absolute Gasteiger partial charge is 0.478 e. The Kier molecular flexibility index (Phi) is 5.19. The predicted octanol–water partition coefficient (Wildman–Crippen LogP) is 3.55. The third kappa shape index (κ3) is 4.07. The van der Waals surface area contributed by atoms with E-state index in [4.69, 9.17) is 9.84 Å². The number of alkyl halides is 3. The third-order valence-electron chi connectivity index (χ3n) is 4.43.